The van der Waals surface area contributed by atoms with Crippen LogP contribution in [0, 0.1) is 17.0 Å². The molecular weight excluding hydrogens is 320 g/mol. The van der Waals surface area contributed by atoms with Crippen molar-refractivity contribution in [3.63, 3.8) is 0 Å². The first-order chi connectivity index (χ1) is 9.69. The summed E-state index contributed by atoms with van der Waals surface area (Å²) in [5.41, 5.74) is -0.125. The summed E-state index contributed by atoms with van der Waals surface area (Å²) in [5.74, 6) is 0. The number of hydrogen-bond donors (Lipinski definition) is 2. The van der Waals surface area contributed by atoms with Gasteiger partial charge < -0.3 is 5.11 Å². The molecule has 7 nitrogen and oxygen atoms in total. The van der Waals surface area contributed by atoms with Crippen LogP contribution in [0.3, 0.4) is 0 Å². The second-order valence-electron chi connectivity index (χ2n) is 4.69. The van der Waals surface area contributed by atoms with Crippen molar-refractivity contribution in [1.82, 2.24) is 4.72 Å². The summed E-state index contributed by atoms with van der Waals surface area (Å²) in [5, 5.41) is 19.7. The van der Waals surface area contributed by atoms with E-state index in [1.807, 2.05) is 0 Å². The average Bonchev–Trinajstić information content (AvgIpc) is 2.38. The molecule has 1 unspecified atom stereocenters. The topological polar surface area (TPSA) is 110 Å². The Bertz CT molecular complexity index is 633. The van der Waals surface area contributed by atoms with Crippen molar-refractivity contribution in [2.75, 3.05) is 6.61 Å². The van der Waals surface area contributed by atoms with E-state index in [9.17, 15) is 18.5 Å². The van der Waals surface area contributed by atoms with Crippen molar-refractivity contribution in [3.8, 4) is 0 Å². The van der Waals surface area contributed by atoms with Crippen LogP contribution in [0.1, 0.15) is 25.3 Å². The molecule has 0 saturated carbocycles. The number of nitrogens with zero attached hydrogens (tertiary/aromatic N) is 1. The van der Waals surface area contributed by atoms with Gasteiger partial charge in [-0.2, -0.15) is 0 Å². The van der Waals surface area contributed by atoms with Gasteiger partial charge in [-0.05, 0) is 32.8 Å². The first kappa shape index (κ1) is 17.8. The van der Waals surface area contributed by atoms with Gasteiger partial charge in [0.25, 0.3) is 5.69 Å². The molecule has 0 heterocycles. The summed E-state index contributed by atoms with van der Waals surface area (Å²) in [6.07, 6.45) is 0.913. The van der Waals surface area contributed by atoms with Crippen LogP contribution in [0.5, 0.6) is 0 Å². The fourth-order valence-corrected chi connectivity index (χ4v) is 3.38. The monoisotopic (exact) mass is 336 g/mol. The summed E-state index contributed by atoms with van der Waals surface area (Å²) in [6.45, 7) is 3.07. The zero-order valence-electron chi connectivity index (χ0n) is 11.7. The molecule has 0 spiro atoms. The number of benzene rings is 1. The van der Waals surface area contributed by atoms with Gasteiger partial charge in [0.2, 0.25) is 10.0 Å². The molecule has 0 fully saturated rings. The third kappa shape index (κ3) is 4.63. The van der Waals surface area contributed by atoms with E-state index in [0.29, 0.717) is 12.8 Å². The molecule has 0 aliphatic rings. The molecule has 0 aliphatic heterocycles. The smallest absolute Gasteiger partial charge is 0.275 e. The van der Waals surface area contributed by atoms with Crippen molar-refractivity contribution in [3.05, 3.63) is 32.8 Å². The first-order valence-electron chi connectivity index (χ1n) is 6.26. The number of rotatable bonds is 7. The molecule has 1 atom stereocenters. The number of nitro benzene ring substituents is 1. The summed E-state index contributed by atoms with van der Waals surface area (Å²) in [7, 11) is -3.91. The van der Waals surface area contributed by atoms with Gasteiger partial charge in [-0.3, -0.25) is 10.1 Å². The number of nitrogens with one attached hydrogen (secondary N) is 1. The minimum atomic E-state index is -3.91. The van der Waals surface area contributed by atoms with Gasteiger partial charge >= 0.3 is 0 Å². The summed E-state index contributed by atoms with van der Waals surface area (Å²) in [4.78, 5) is 10.0. The highest BCUT2D eigenvalue weighted by atomic mass is 35.5. The number of nitro groups is 1. The standard InChI is InChI=1S/C12H17ClN2O5S/c1-8(4-3-5-16)14-21(19,20)10-6-11(13)9(2)12(7-10)15(17)18/h6-8,14,16H,3-5H2,1-2H3. The third-order valence-corrected chi connectivity index (χ3v) is 4.91. The molecule has 0 aromatic heterocycles. The second-order valence-corrected chi connectivity index (χ2v) is 6.82. The third-order valence-electron chi connectivity index (χ3n) is 2.95. The molecular formula is C12H17ClN2O5S. The number of aliphatic hydroxyl groups is 1. The van der Waals surface area contributed by atoms with E-state index in [-0.39, 0.29) is 27.8 Å². The lowest BCUT2D eigenvalue weighted by Crippen LogP contribution is -2.32. The van der Waals surface area contributed by atoms with E-state index in [2.05, 4.69) is 4.72 Å². The Labute approximate surface area is 128 Å². The van der Waals surface area contributed by atoms with Crippen LogP contribution >= 0.6 is 11.6 Å². The lowest BCUT2D eigenvalue weighted by molar-refractivity contribution is -0.385. The van der Waals surface area contributed by atoms with Crippen LogP contribution in [0.4, 0.5) is 5.69 Å². The number of sulfonamides is 1. The lowest BCUT2D eigenvalue weighted by Gasteiger charge is -2.14. The zero-order chi connectivity index (χ0) is 16.2. The molecule has 1 aromatic carbocycles. The van der Waals surface area contributed by atoms with Crippen molar-refractivity contribution in [1.29, 1.82) is 0 Å². The second kappa shape index (κ2) is 7.17. The molecule has 21 heavy (non-hydrogen) atoms. The highest BCUT2D eigenvalue weighted by Gasteiger charge is 2.23. The normalized spacial score (nSPS) is 13.1. The lowest BCUT2D eigenvalue weighted by atomic mass is 10.2. The molecule has 0 radical (unpaired) electrons. The largest absolute Gasteiger partial charge is 0.396 e. The Morgan fingerprint density at radius 2 is 2.10 bits per heavy atom. The molecule has 0 aliphatic carbocycles. The van der Waals surface area contributed by atoms with E-state index in [1.54, 1.807) is 6.92 Å². The number of hydrogen-bond acceptors (Lipinski definition) is 5. The Morgan fingerprint density at radius 3 is 2.62 bits per heavy atom. The number of aliphatic hydroxyl groups excluding tert-OH is 1. The Balaban J connectivity index is 3.12. The molecule has 118 valence electrons. The first-order valence-corrected chi connectivity index (χ1v) is 8.13. The minimum absolute atomic E-state index is 0.0209. The van der Waals surface area contributed by atoms with Crippen LogP contribution in [0.25, 0.3) is 0 Å². The molecule has 1 aromatic rings. The van der Waals surface area contributed by atoms with Crippen molar-refractivity contribution >= 4 is 27.3 Å². The van der Waals surface area contributed by atoms with Crippen LogP contribution in [0.15, 0.2) is 17.0 Å². The minimum Gasteiger partial charge on any atom is -0.396 e. The maximum absolute atomic E-state index is 12.2. The predicted molar refractivity (Wildman–Crippen MR) is 78.9 cm³/mol. The van der Waals surface area contributed by atoms with E-state index in [0.717, 1.165) is 6.07 Å². The molecule has 2 N–H and O–H groups in total. The highest BCUT2D eigenvalue weighted by molar-refractivity contribution is 7.89. The van der Waals surface area contributed by atoms with Gasteiger partial charge in [-0.25, -0.2) is 13.1 Å². The van der Waals surface area contributed by atoms with Crippen molar-refractivity contribution < 1.29 is 18.4 Å². The predicted octanol–water partition coefficient (Wildman–Crippen LogP) is 2.00. The van der Waals surface area contributed by atoms with Gasteiger partial charge in [0, 0.05) is 24.3 Å². The zero-order valence-corrected chi connectivity index (χ0v) is 13.2. The summed E-state index contributed by atoms with van der Waals surface area (Å²) < 4.78 is 26.8. The fraction of sp³-hybridized carbons (Fsp3) is 0.500. The molecule has 1 rings (SSSR count). The Morgan fingerprint density at radius 1 is 1.48 bits per heavy atom. The quantitative estimate of drug-likeness (QED) is 0.584. The maximum atomic E-state index is 12.2. The maximum Gasteiger partial charge on any atom is 0.275 e. The van der Waals surface area contributed by atoms with Gasteiger partial charge in [0.05, 0.1) is 14.8 Å². The van der Waals surface area contributed by atoms with E-state index < -0.39 is 21.0 Å². The van der Waals surface area contributed by atoms with Gasteiger partial charge in [-0.15, -0.1) is 0 Å². The van der Waals surface area contributed by atoms with Crippen LogP contribution in [-0.2, 0) is 10.0 Å². The van der Waals surface area contributed by atoms with Crippen LogP contribution < -0.4 is 4.72 Å². The van der Waals surface area contributed by atoms with Gasteiger partial charge in [0.1, 0.15) is 0 Å². The molecule has 0 saturated heterocycles. The van der Waals surface area contributed by atoms with Crippen molar-refractivity contribution in [2.24, 2.45) is 0 Å². The fourth-order valence-electron chi connectivity index (χ4n) is 1.77. The van der Waals surface area contributed by atoms with Crippen LogP contribution in [-0.4, -0.2) is 31.1 Å². The molecule has 0 amide bonds. The Kier molecular flexibility index (Phi) is 6.09. The van der Waals surface area contributed by atoms with Gasteiger partial charge in [0.15, 0.2) is 0 Å². The summed E-state index contributed by atoms with van der Waals surface area (Å²) >= 11 is 5.86. The van der Waals surface area contributed by atoms with Crippen molar-refractivity contribution in [2.45, 2.75) is 37.6 Å². The van der Waals surface area contributed by atoms with E-state index in [4.69, 9.17) is 16.7 Å². The molecule has 9 heteroatoms. The van der Waals surface area contributed by atoms with Gasteiger partial charge in [-0.1, -0.05) is 11.6 Å². The Hall–Kier alpha value is -1.22. The molecule has 0 bridgehead atoms. The van der Waals surface area contributed by atoms with E-state index >= 15 is 0 Å². The SMILES string of the molecule is Cc1c(Cl)cc(S(=O)(=O)NC(C)CCCO)cc1[N+](=O)[O-]. The highest BCUT2D eigenvalue weighted by Crippen LogP contribution is 2.29. The summed E-state index contributed by atoms with van der Waals surface area (Å²) in [6, 6.07) is 1.77. The average molecular weight is 337 g/mol. The number of halogens is 1. The van der Waals surface area contributed by atoms with Crippen LogP contribution in [0.2, 0.25) is 5.02 Å². The van der Waals surface area contributed by atoms with E-state index in [1.165, 1.54) is 13.0 Å².